The van der Waals surface area contributed by atoms with E-state index in [-0.39, 0.29) is 0 Å². The van der Waals surface area contributed by atoms with Crippen LogP contribution in [0.4, 0.5) is 0 Å². The van der Waals surface area contributed by atoms with Crippen molar-refractivity contribution in [2.24, 2.45) is 0 Å². The minimum absolute atomic E-state index is 0.613. The topological polar surface area (TPSA) is 74.6 Å². The van der Waals surface area contributed by atoms with Crippen LogP contribution in [0.25, 0.3) is 0 Å². The van der Waals surface area contributed by atoms with Gasteiger partial charge in [-0.2, -0.15) is 0 Å². The Morgan fingerprint density at radius 3 is 1.38 bits per heavy atom. The highest BCUT2D eigenvalue weighted by molar-refractivity contribution is 7.29. The summed E-state index contributed by atoms with van der Waals surface area (Å²) in [5.41, 5.74) is 0. The first kappa shape index (κ1) is 8.12. The highest BCUT2D eigenvalue weighted by atomic mass is 31.1. The largest absolute Gasteiger partial charge is 0.377 e. The lowest BCUT2D eigenvalue weighted by molar-refractivity contribution is 0.127. The molecule has 8 heavy (non-hydrogen) atoms. The van der Waals surface area contributed by atoms with Crippen LogP contribution >= 0.6 is 16.9 Å². The Kier molecular flexibility index (Phi) is 4.11. The first-order valence-corrected chi connectivity index (χ1v) is 3.49. The van der Waals surface area contributed by atoms with Crippen molar-refractivity contribution < 1.29 is 19.3 Å². The SMILES string of the molecule is O=PC(O)C(O)P=O. The van der Waals surface area contributed by atoms with Crippen LogP contribution in [0.5, 0.6) is 0 Å². The van der Waals surface area contributed by atoms with Gasteiger partial charge in [0.1, 0.15) is 0 Å². The summed E-state index contributed by atoms with van der Waals surface area (Å²) >= 11 is 0. The molecule has 0 fully saturated rings. The van der Waals surface area contributed by atoms with Crippen molar-refractivity contribution in [1.82, 2.24) is 0 Å². The van der Waals surface area contributed by atoms with Gasteiger partial charge in [0.15, 0.2) is 28.6 Å². The van der Waals surface area contributed by atoms with Crippen molar-refractivity contribution in [2.75, 3.05) is 0 Å². The van der Waals surface area contributed by atoms with Crippen LogP contribution in [0, 0.1) is 0 Å². The summed E-state index contributed by atoms with van der Waals surface area (Å²) in [6.45, 7) is 0. The summed E-state index contributed by atoms with van der Waals surface area (Å²) in [6, 6.07) is 0. The van der Waals surface area contributed by atoms with Gasteiger partial charge in [-0.25, -0.2) is 0 Å². The smallest absolute Gasteiger partial charge is 0.190 e. The number of rotatable bonds is 3. The lowest BCUT2D eigenvalue weighted by Crippen LogP contribution is -2.12. The maximum atomic E-state index is 9.65. The van der Waals surface area contributed by atoms with Gasteiger partial charge in [0.05, 0.1) is 0 Å². The van der Waals surface area contributed by atoms with Crippen molar-refractivity contribution in [2.45, 2.75) is 11.7 Å². The normalized spacial score (nSPS) is 18.8. The highest BCUT2D eigenvalue weighted by Gasteiger charge is 2.14. The fourth-order valence-corrected chi connectivity index (χ4v) is 0.653. The minimum atomic E-state index is -1.44. The third-order valence-corrected chi connectivity index (χ3v) is 1.71. The van der Waals surface area contributed by atoms with E-state index in [2.05, 4.69) is 0 Å². The van der Waals surface area contributed by atoms with Crippen molar-refractivity contribution in [3.8, 4) is 0 Å². The average molecular weight is 154 g/mol. The molecule has 2 N–H and O–H groups in total. The van der Waals surface area contributed by atoms with E-state index in [0.29, 0.717) is 0 Å². The van der Waals surface area contributed by atoms with Gasteiger partial charge in [0.2, 0.25) is 0 Å². The summed E-state index contributed by atoms with van der Waals surface area (Å²) in [7, 11) is -1.23. The van der Waals surface area contributed by atoms with Gasteiger partial charge in [-0.05, 0) is 0 Å². The second-order valence-electron chi connectivity index (χ2n) is 1.04. The third-order valence-electron chi connectivity index (χ3n) is 0.483. The Bertz CT molecular complexity index is 82.0. The summed E-state index contributed by atoms with van der Waals surface area (Å²) in [5.74, 6) is -2.87. The Balaban J connectivity index is 3.60. The molecule has 0 spiro atoms. The van der Waals surface area contributed by atoms with Crippen molar-refractivity contribution in [3.63, 3.8) is 0 Å². The van der Waals surface area contributed by atoms with E-state index in [1.165, 1.54) is 0 Å². The standard InChI is InChI=1S/C2H4O4P2/c3-1(7-5)2(4)8-6/h1-4H. The van der Waals surface area contributed by atoms with Crippen molar-refractivity contribution >= 4 is 16.9 Å². The number of aliphatic hydroxyl groups excluding tert-OH is 2. The van der Waals surface area contributed by atoms with Crippen LogP contribution in [-0.4, -0.2) is 21.9 Å². The third kappa shape index (κ3) is 2.43. The lowest BCUT2D eigenvalue weighted by Gasteiger charge is -1.98. The Labute approximate surface area is 48.9 Å². The molecular formula is C2H4O4P2. The molecule has 0 heterocycles. The predicted molar refractivity (Wildman–Crippen MR) is 27.2 cm³/mol. The van der Waals surface area contributed by atoms with E-state index in [4.69, 9.17) is 10.2 Å². The summed E-state index contributed by atoms with van der Waals surface area (Å²) in [6.07, 6.45) is 0. The van der Waals surface area contributed by atoms with E-state index in [9.17, 15) is 9.13 Å². The molecule has 0 aliphatic carbocycles. The van der Waals surface area contributed by atoms with Gasteiger partial charge in [0.25, 0.3) is 0 Å². The molecule has 6 heteroatoms. The first-order valence-electron chi connectivity index (χ1n) is 1.73. The van der Waals surface area contributed by atoms with E-state index >= 15 is 0 Å². The van der Waals surface area contributed by atoms with Gasteiger partial charge in [-0.15, -0.1) is 0 Å². The lowest BCUT2D eigenvalue weighted by atomic mass is 10.8. The molecule has 0 aliphatic heterocycles. The molecule has 0 aromatic carbocycles. The predicted octanol–water partition coefficient (Wildman–Crippen LogP) is 0.207. The van der Waals surface area contributed by atoms with Crippen molar-refractivity contribution in [3.05, 3.63) is 0 Å². The van der Waals surface area contributed by atoms with Gasteiger partial charge >= 0.3 is 0 Å². The number of aliphatic hydroxyl groups is 2. The Morgan fingerprint density at radius 1 is 1.00 bits per heavy atom. The zero-order valence-electron chi connectivity index (χ0n) is 3.76. The molecule has 0 saturated heterocycles. The molecule has 2 unspecified atom stereocenters. The molecule has 2 atom stereocenters. The molecule has 0 bridgehead atoms. The summed E-state index contributed by atoms with van der Waals surface area (Å²) in [5, 5.41) is 16.7. The van der Waals surface area contributed by atoms with Crippen LogP contribution in [0.1, 0.15) is 0 Å². The van der Waals surface area contributed by atoms with Crippen LogP contribution in [0.3, 0.4) is 0 Å². The second kappa shape index (κ2) is 4.04. The molecule has 46 valence electrons. The molecule has 4 nitrogen and oxygen atoms in total. The van der Waals surface area contributed by atoms with Gasteiger partial charge in [-0.3, -0.25) is 9.13 Å². The summed E-state index contributed by atoms with van der Waals surface area (Å²) in [4.78, 5) is 0. The first-order chi connectivity index (χ1) is 3.72. The zero-order chi connectivity index (χ0) is 6.57. The molecule has 0 aromatic heterocycles. The Morgan fingerprint density at radius 2 is 1.25 bits per heavy atom. The molecule has 0 amide bonds. The zero-order valence-corrected chi connectivity index (χ0v) is 5.55. The fourth-order valence-electron chi connectivity index (χ4n) is 0.109. The molecule has 0 radical (unpaired) electrons. The van der Waals surface area contributed by atoms with E-state index in [1.54, 1.807) is 0 Å². The van der Waals surface area contributed by atoms with Crippen molar-refractivity contribution in [1.29, 1.82) is 0 Å². The molecule has 0 aromatic rings. The monoisotopic (exact) mass is 154 g/mol. The van der Waals surface area contributed by atoms with Crippen LogP contribution in [0.15, 0.2) is 0 Å². The van der Waals surface area contributed by atoms with Gasteiger partial charge < -0.3 is 10.2 Å². The van der Waals surface area contributed by atoms with Gasteiger partial charge in [-0.1, -0.05) is 0 Å². The quantitative estimate of drug-likeness (QED) is 0.569. The van der Waals surface area contributed by atoms with Crippen LogP contribution < -0.4 is 0 Å². The van der Waals surface area contributed by atoms with Crippen LogP contribution in [0.2, 0.25) is 0 Å². The average Bonchev–Trinajstić information content (AvgIpc) is 1.84. The Hall–Kier alpha value is 0.120. The maximum Gasteiger partial charge on any atom is 0.190 e. The van der Waals surface area contributed by atoms with E-state index in [0.717, 1.165) is 0 Å². The maximum absolute atomic E-state index is 9.65. The fraction of sp³-hybridized carbons (Fsp3) is 1.00. The molecule has 0 aliphatic rings. The summed E-state index contributed by atoms with van der Waals surface area (Å²) < 4.78 is 19.3. The highest BCUT2D eigenvalue weighted by Crippen LogP contribution is 2.15. The molecule has 0 rings (SSSR count). The van der Waals surface area contributed by atoms with Gasteiger partial charge in [0, 0.05) is 0 Å². The minimum Gasteiger partial charge on any atom is -0.377 e. The number of hydrogen-bond acceptors (Lipinski definition) is 4. The van der Waals surface area contributed by atoms with E-state index in [1.807, 2.05) is 0 Å². The molecule has 0 saturated carbocycles. The molecular weight excluding hydrogens is 150 g/mol. The van der Waals surface area contributed by atoms with E-state index < -0.39 is 28.6 Å². The second-order valence-corrected chi connectivity index (χ2v) is 2.52. The number of hydrogen-bond donors (Lipinski definition) is 2. The van der Waals surface area contributed by atoms with Crippen LogP contribution in [-0.2, 0) is 9.13 Å².